The van der Waals surface area contributed by atoms with E-state index in [0.29, 0.717) is 10.6 Å². The Morgan fingerprint density at radius 1 is 1.36 bits per heavy atom. The largest absolute Gasteiger partial charge is 0.300 e. The monoisotopic (exact) mass is 317 g/mol. The first-order valence-corrected chi connectivity index (χ1v) is 6.38. The molecule has 0 amide bonds. The molecule has 7 nitrogen and oxygen atoms in total. The number of nitro groups is 1. The lowest BCUT2D eigenvalue weighted by molar-refractivity contribution is -0.385. The van der Waals surface area contributed by atoms with Gasteiger partial charge in [0, 0.05) is 16.7 Å². The molecule has 1 aromatic heterocycles. The van der Waals surface area contributed by atoms with E-state index in [-0.39, 0.29) is 0 Å². The van der Waals surface area contributed by atoms with Gasteiger partial charge in [0.25, 0.3) is 11.2 Å². The minimum Gasteiger partial charge on any atom is -0.300 e. The molecule has 0 atom stereocenters. The number of benzene rings is 1. The van der Waals surface area contributed by atoms with Crippen molar-refractivity contribution in [2.75, 3.05) is 0 Å². The number of hydrogen-bond acceptors (Lipinski definition) is 5. The minimum absolute atomic E-state index is 0.307. The molecule has 110 valence electrons. The van der Waals surface area contributed by atoms with Crippen LogP contribution in [0.25, 0.3) is 0 Å². The Kier molecular flexibility index (Phi) is 4.34. The Hall–Kier alpha value is -2.98. The molecule has 0 N–H and O–H groups in total. The van der Waals surface area contributed by atoms with Crippen molar-refractivity contribution in [3.63, 3.8) is 0 Å². The molecule has 0 saturated carbocycles. The van der Waals surface area contributed by atoms with Crippen molar-refractivity contribution in [1.82, 2.24) is 4.57 Å². The molecule has 1 aromatic carbocycles. The molecule has 0 fully saturated rings. The highest BCUT2D eigenvalue weighted by Crippen LogP contribution is 2.12. The highest BCUT2D eigenvalue weighted by Gasteiger charge is 2.16. The van der Waals surface area contributed by atoms with Crippen LogP contribution in [-0.2, 0) is 6.54 Å². The van der Waals surface area contributed by atoms with Gasteiger partial charge < -0.3 is 0 Å². The highest BCUT2D eigenvalue weighted by molar-refractivity contribution is 6.30. The van der Waals surface area contributed by atoms with Crippen LogP contribution in [-0.4, -0.2) is 15.3 Å². The van der Waals surface area contributed by atoms with Gasteiger partial charge in [-0.05, 0) is 24.3 Å². The standard InChI is InChI=1S/C14H8ClN3O4/c15-11-3-1-9(2-4-11)13(19)8-17-7-12(18(21)22)5-10(6-16)14(17)20/h1-5,7H,8H2. The van der Waals surface area contributed by atoms with Crippen LogP contribution in [0.3, 0.4) is 0 Å². The molecule has 2 aromatic rings. The summed E-state index contributed by atoms with van der Waals surface area (Å²) in [5, 5.41) is 20.1. The summed E-state index contributed by atoms with van der Waals surface area (Å²) in [7, 11) is 0. The summed E-state index contributed by atoms with van der Waals surface area (Å²) in [6, 6.07) is 8.47. The van der Waals surface area contributed by atoms with Gasteiger partial charge in [0.05, 0.1) is 17.7 Å². The number of carbonyl (C=O) groups excluding carboxylic acids is 1. The zero-order valence-corrected chi connectivity index (χ0v) is 11.8. The molecule has 8 heteroatoms. The summed E-state index contributed by atoms with van der Waals surface area (Å²) in [5.74, 6) is -0.428. The van der Waals surface area contributed by atoms with Gasteiger partial charge in [-0.1, -0.05) is 11.6 Å². The van der Waals surface area contributed by atoms with Crippen LogP contribution in [0.15, 0.2) is 41.3 Å². The van der Waals surface area contributed by atoms with Gasteiger partial charge in [0.2, 0.25) is 0 Å². The molecule has 0 spiro atoms. The van der Waals surface area contributed by atoms with Crippen molar-refractivity contribution in [3.8, 4) is 6.07 Å². The number of pyridine rings is 1. The van der Waals surface area contributed by atoms with E-state index >= 15 is 0 Å². The maximum Gasteiger partial charge on any atom is 0.287 e. The molecule has 0 radical (unpaired) electrons. The molecular weight excluding hydrogens is 310 g/mol. The second kappa shape index (κ2) is 6.20. The number of hydrogen-bond donors (Lipinski definition) is 0. The molecule has 2 rings (SSSR count). The third-order valence-corrected chi connectivity index (χ3v) is 3.13. The lowest BCUT2D eigenvalue weighted by Crippen LogP contribution is -2.26. The third-order valence-electron chi connectivity index (χ3n) is 2.88. The van der Waals surface area contributed by atoms with Crippen LogP contribution in [0, 0.1) is 21.4 Å². The minimum atomic E-state index is -0.754. The van der Waals surface area contributed by atoms with Gasteiger partial charge in [0.15, 0.2) is 5.78 Å². The van der Waals surface area contributed by atoms with Crippen LogP contribution in [0.2, 0.25) is 5.02 Å². The van der Waals surface area contributed by atoms with Crippen molar-refractivity contribution in [1.29, 1.82) is 5.26 Å². The molecule has 0 aliphatic heterocycles. The zero-order valence-electron chi connectivity index (χ0n) is 11.0. The number of Topliss-reactive ketones (excluding diaryl/α,β-unsaturated/α-hetero) is 1. The second-order valence-electron chi connectivity index (χ2n) is 4.34. The first kappa shape index (κ1) is 15.4. The number of nitriles is 1. The maximum atomic E-state index is 12.1. The summed E-state index contributed by atoms with van der Waals surface area (Å²) in [4.78, 5) is 34.1. The number of carbonyl (C=O) groups is 1. The third kappa shape index (κ3) is 3.19. The molecule has 0 saturated heterocycles. The summed E-state index contributed by atoms with van der Waals surface area (Å²) in [5.41, 5.74) is -1.27. The van der Waals surface area contributed by atoms with Gasteiger partial charge in [0.1, 0.15) is 11.6 Å². The predicted octanol–water partition coefficient (Wildman–Crippen LogP) is 2.16. The summed E-state index contributed by atoms with van der Waals surface area (Å²) in [6.45, 7) is -0.406. The lowest BCUT2D eigenvalue weighted by Gasteiger charge is -2.06. The van der Waals surface area contributed by atoms with Crippen molar-refractivity contribution in [2.45, 2.75) is 6.54 Å². The Morgan fingerprint density at radius 2 is 2.00 bits per heavy atom. The quantitative estimate of drug-likeness (QED) is 0.488. The van der Waals surface area contributed by atoms with Gasteiger partial charge >= 0.3 is 0 Å². The lowest BCUT2D eigenvalue weighted by atomic mass is 10.1. The smallest absolute Gasteiger partial charge is 0.287 e. The van der Waals surface area contributed by atoms with Gasteiger partial charge in [-0.3, -0.25) is 24.3 Å². The molecular formula is C14H8ClN3O4. The van der Waals surface area contributed by atoms with Crippen molar-refractivity contribution >= 4 is 23.1 Å². The van der Waals surface area contributed by atoms with E-state index in [4.69, 9.17) is 16.9 Å². The van der Waals surface area contributed by atoms with Crippen LogP contribution in [0.5, 0.6) is 0 Å². The van der Waals surface area contributed by atoms with E-state index in [9.17, 15) is 19.7 Å². The fraction of sp³-hybridized carbons (Fsp3) is 0.0714. The van der Waals surface area contributed by atoms with Gasteiger partial charge in [-0.15, -0.1) is 0 Å². The molecule has 22 heavy (non-hydrogen) atoms. The van der Waals surface area contributed by atoms with Crippen LogP contribution >= 0.6 is 11.6 Å². The number of rotatable bonds is 4. The Bertz CT molecular complexity index is 850. The molecule has 0 aliphatic carbocycles. The SMILES string of the molecule is N#Cc1cc([N+](=O)[O-])cn(CC(=O)c2ccc(Cl)cc2)c1=O. The van der Waals surface area contributed by atoms with Gasteiger partial charge in [-0.25, -0.2) is 0 Å². The van der Waals surface area contributed by atoms with Crippen LogP contribution in [0.1, 0.15) is 15.9 Å². The van der Waals surface area contributed by atoms with Crippen molar-refractivity contribution in [3.05, 3.63) is 73.1 Å². The van der Waals surface area contributed by atoms with E-state index < -0.39 is 34.1 Å². The van der Waals surface area contributed by atoms with Crippen molar-refractivity contribution in [2.24, 2.45) is 0 Å². The number of aromatic nitrogens is 1. The average molecular weight is 318 g/mol. The Balaban J connectivity index is 2.40. The van der Waals surface area contributed by atoms with E-state index in [0.717, 1.165) is 16.8 Å². The molecule has 0 unspecified atom stereocenters. The second-order valence-corrected chi connectivity index (χ2v) is 4.78. The molecule has 1 heterocycles. The Labute approximate surface area is 129 Å². The predicted molar refractivity (Wildman–Crippen MR) is 77.9 cm³/mol. The van der Waals surface area contributed by atoms with Gasteiger partial charge in [-0.2, -0.15) is 5.26 Å². The molecule has 0 aliphatic rings. The van der Waals surface area contributed by atoms with E-state index in [1.54, 1.807) is 6.07 Å². The van der Waals surface area contributed by atoms with E-state index in [1.807, 2.05) is 0 Å². The van der Waals surface area contributed by atoms with Crippen LogP contribution in [0.4, 0.5) is 5.69 Å². The average Bonchev–Trinajstić information content (AvgIpc) is 2.49. The van der Waals surface area contributed by atoms with Crippen molar-refractivity contribution < 1.29 is 9.72 Å². The fourth-order valence-corrected chi connectivity index (χ4v) is 1.93. The number of nitrogens with zero attached hydrogens (tertiary/aromatic N) is 3. The number of ketones is 1. The fourth-order valence-electron chi connectivity index (χ4n) is 1.80. The van der Waals surface area contributed by atoms with E-state index in [1.165, 1.54) is 24.3 Å². The summed E-state index contributed by atoms with van der Waals surface area (Å²) in [6.07, 6.45) is 0.941. The Morgan fingerprint density at radius 3 is 2.55 bits per heavy atom. The first-order valence-electron chi connectivity index (χ1n) is 6.00. The zero-order chi connectivity index (χ0) is 16.3. The summed E-state index contributed by atoms with van der Waals surface area (Å²) < 4.78 is 0.855. The number of halogens is 1. The maximum absolute atomic E-state index is 12.1. The van der Waals surface area contributed by atoms with E-state index in [2.05, 4.69) is 0 Å². The normalized spacial score (nSPS) is 10.0. The van der Waals surface area contributed by atoms with Crippen LogP contribution < -0.4 is 5.56 Å². The first-order chi connectivity index (χ1) is 10.4. The topological polar surface area (TPSA) is 106 Å². The summed E-state index contributed by atoms with van der Waals surface area (Å²) >= 11 is 5.72. The highest BCUT2D eigenvalue weighted by atomic mass is 35.5. The molecule has 0 bridgehead atoms.